The van der Waals surface area contributed by atoms with Gasteiger partial charge in [0.05, 0.1) is 4.34 Å². The van der Waals surface area contributed by atoms with Gasteiger partial charge in [0, 0.05) is 12.1 Å². The van der Waals surface area contributed by atoms with Crippen LogP contribution in [0, 0.1) is 0 Å². The van der Waals surface area contributed by atoms with E-state index in [1.165, 1.54) is 11.1 Å². The Hall–Kier alpha value is -0.350. The zero-order valence-corrected chi connectivity index (χ0v) is 12.3. The van der Waals surface area contributed by atoms with Crippen LogP contribution in [0.4, 0.5) is 0 Å². The number of nitrogens with one attached hydrogen (secondary N) is 1. The summed E-state index contributed by atoms with van der Waals surface area (Å²) in [5.74, 6) is 0. The van der Waals surface area contributed by atoms with Gasteiger partial charge in [0.2, 0.25) is 0 Å². The fourth-order valence-corrected chi connectivity index (χ4v) is 3.56. The summed E-state index contributed by atoms with van der Waals surface area (Å²) in [5, 5.41) is 10.1. The molecule has 2 aromatic rings. The van der Waals surface area contributed by atoms with Crippen molar-refractivity contribution in [3.63, 3.8) is 0 Å². The number of rotatable bonds is 5. The second-order valence-electron chi connectivity index (χ2n) is 4.31. The van der Waals surface area contributed by atoms with Crippen LogP contribution in [0.3, 0.4) is 0 Å². The molecule has 0 aromatic carbocycles. The molecule has 17 heavy (non-hydrogen) atoms. The molecule has 2 atom stereocenters. The second-order valence-corrected chi connectivity index (χ2v) is 6.63. The Kier molecular flexibility index (Phi) is 4.62. The Labute approximate surface area is 115 Å². The molecule has 4 heteroatoms. The van der Waals surface area contributed by atoms with Crippen molar-refractivity contribution in [2.24, 2.45) is 0 Å². The van der Waals surface area contributed by atoms with Gasteiger partial charge >= 0.3 is 0 Å². The van der Waals surface area contributed by atoms with Gasteiger partial charge in [0.1, 0.15) is 0 Å². The number of halogens is 1. The minimum atomic E-state index is 0.354. The maximum atomic E-state index is 5.95. The lowest BCUT2D eigenvalue weighted by Gasteiger charge is -2.19. The van der Waals surface area contributed by atoms with Crippen LogP contribution < -0.4 is 5.32 Å². The third-order valence-electron chi connectivity index (χ3n) is 2.74. The van der Waals surface area contributed by atoms with Crippen molar-refractivity contribution in [3.8, 4) is 0 Å². The van der Waals surface area contributed by atoms with E-state index in [0.29, 0.717) is 12.1 Å². The van der Waals surface area contributed by atoms with E-state index >= 15 is 0 Å². The fraction of sp³-hybridized carbons (Fsp3) is 0.385. The summed E-state index contributed by atoms with van der Waals surface area (Å²) < 4.78 is 0.860. The third-order valence-corrected chi connectivity index (χ3v) is 4.59. The molecule has 0 aliphatic heterocycles. The lowest BCUT2D eigenvalue weighted by Crippen LogP contribution is -2.30. The van der Waals surface area contributed by atoms with E-state index in [1.54, 1.807) is 22.7 Å². The molecule has 0 radical (unpaired) electrons. The van der Waals surface area contributed by atoms with E-state index in [0.717, 1.165) is 10.8 Å². The molecule has 0 amide bonds. The summed E-state index contributed by atoms with van der Waals surface area (Å²) in [4.78, 5) is 0. The first-order valence-electron chi connectivity index (χ1n) is 5.66. The predicted octanol–water partition coefficient (Wildman–Crippen LogP) is 4.74. The molecule has 1 N–H and O–H groups in total. The highest BCUT2D eigenvalue weighted by molar-refractivity contribution is 7.14. The first-order valence-corrected chi connectivity index (χ1v) is 7.86. The van der Waals surface area contributed by atoms with E-state index in [1.807, 2.05) is 6.07 Å². The molecule has 0 spiro atoms. The van der Waals surface area contributed by atoms with E-state index < -0.39 is 0 Å². The Morgan fingerprint density at radius 3 is 2.76 bits per heavy atom. The summed E-state index contributed by atoms with van der Waals surface area (Å²) in [6.07, 6.45) is 1.08. The molecule has 2 heterocycles. The average Bonchev–Trinajstić information content (AvgIpc) is 2.89. The monoisotopic (exact) mass is 285 g/mol. The number of thiophene rings is 2. The Morgan fingerprint density at radius 1 is 1.35 bits per heavy atom. The zero-order chi connectivity index (χ0) is 12.3. The number of hydrogen-bond acceptors (Lipinski definition) is 3. The quantitative estimate of drug-likeness (QED) is 0.836. The molecular weight excluding hydrogens is 270 g/mol. The SMILES string of the molecule is CC(Cc1ccsc1)NC(C)c1csc(Cl)c1. The highest BCUT2D eigenvalue weighted by atomic mass is 35.5. The maximum absolute atomic E-state index is 5.95. The van der Waals surface area contributed by atoms with E-state index in [-0.39, 0.29) is 0 Å². The lowest BCUT2D eigenvalue weighted by molar-refractivity contribution is 0.478. The summed E-state index contributed by atoms with van der Waals surface area (Å²) >= 11 is 9.30. The Balaban J connectivity index is 1.88. The zero-order valence-electron chi connectivity index (χ0n) is 9.94. The van der Waals surface area contributed by atoms with Gasteiger partial charge in [-0.25, -0.2) is 0 Å². The van der Waals surface area contributed by atoms with Crippen molar-refractivity contribution >= 4 is 34.3 Å². The first-order chi connectivity index (χ1) is 8.15. The molecule has 0 saturated heterocycles. The summed E-state index contributed by atoms with van der Waals surface area (Å²) in [6, 6.07) is 5.06. The molecule has 2 unspecified atom stereocenters. The highest BCUT2D eigenvalue weighted by Crippen LogP contribution is 2.25. The first kappa shape index (κ1) is 13.1. The van der Waals surface area contributed by atoms with Crippen LogP contribution in [-0.2, 0) is 6.42 Å². The van der Waals surface area contributed by atoms with Crippen molar-refractivity contribution in [2.75, 3.05) is 0 Å². The summed E-state index contributed by atoms with van der Waals surface area (Å²) in [7, 11) is 0. The minimum Gasteiger partial charge on any atom is -0.307 e. The standard InChI is InChI=1S/C13H16ClNS2/c1-9(5-11-3-4-16-7-11)15-10(2)12-6-13(14)17-8-12/h3-4,6-10,15H,5H2,1-2H3. The fourth-order valence-electron chi connectivity index (χ4n) is 1.89. The van der Waals surface area contributed by atoms with Crippen molar-refractivity contribution in [1.82, 2.24) is 5.32 Å². The van der Waals surface area contributed by atoms with Gasteiger partial charge in [-0.15, -0.1) is 11.3 Å². The van der Waals surface area contributed by atoms with E-state index in [9.17, 15) is 0 Å². The normalized spacial score (nSPS) is 14.8. The molecule has 92 valence electrons. The second kappa shape index (κ2) is 6.01. The van der Waals surface area contributed by atoms with Gasteiger partial charge in [-0.05, 0) is 59.7 Å². The van der Waals surface area contributed by atoms with Crippen LogP contribution in [0.25, 0.3) is 0 Å². The molecule has 0 aliphatic carbocycles. The third kappa shape index (κ3) is 3.81. The smallest absolute Gasteiger partial charge is 0.0931 e. The average molecular weight is 286 g/mol. The topological polar surface area (TPSA) is 12.0 Å². The van der Waals surface area contributed by atoms with E-state index in [4.69, 9.17) is 11.6 Å². The van der Waals surface area contributed by atoms with Crippen LogP contribution in [0.15, 0.2) is 28.3 Å². The predicted molar refractivity (Wildman–Crippen MR) is 78.4 cm³/mol. The molecule has 1 nitrogen and oxygen atoms in total. The maximum Gasteiger partial charge on any atom is 0.0931 e. The molecular formula is C13H16ClNS2. The van der Waals surface area contributed by atoms with Crippen molar-refractivity contribution in [2.45, 2.75) is 32.4 Å². The van der Waals surface area contributed by atoms with Crippen LogP contribution in [-0.4, -0.2) is 6.04 Å². The van der Waals surface area contributed by atoms with E-state index in [2.05, 4.69) is 41.4 Å². The molecule has 0 aliphatic rings. The Bertz CT molecular complexity index is 450. The minimum absolute atomic E-state index is 0.354. The lowest BCUT2D eigenvalue weighted by atomic mass is 10.1. The van der Waals surface area contributed by atoms with Crippen molar-refractivity contribution in [1.29, 1.82) is 0 Å². The molecule has 0 fully saturated rings. The van der Waals surface area contributed by atoms with Crippen molar-refractivity contribution < 1.29 is 0 Å². The van der Waals surface area contributed by atoms with Crippen LogP contribution in [0.2, 0.25) is 4.34 Å². The summed E-state index contributed by atoms with van der Waals surface area (Å²) in [6.45, 7) is 4.41. The van der Waals surface area contributed by atoms with Crippen LogP contribution in [0.1, 0.15) is 31.0 Å². The van der Waals surface area contributed by atoms with Gasteiger partial charge in [0.15, 0.2) is 0 Å². The number of hydrogen-bond donors (Lipinski definition) is 1. The molecule has 0 saturated carbocycles. The molecule has 0 bridgehead atoms. The van der Waals surface area contributed by atoms with Gasteiger partial charge in [-0.3, -0.25) is 0 Å². The van der Waals surface area contributed by atoms with Gasteiger partial charge in [0.25, 0.3) is 0 Å². The van der Waals surface area contributed by atoms with Crippen molar-refractivity contribution in [3.05, 3.63) is 43.7 Å². The largest absolute Gasteiger partial charge is 0.307 e. The van der Waals surface area contributed by atoms with Gasteiger partial charge in [-0.2, -0.15) is 11.3 Å². The Morgan fingerprint density at radius 2 is 2.18 bits per heavy atom. The van der Waals surface area contributed by atoms with Gasteiger partial charge in [-0.1, -0.05) is 11.6 Å². The highest BCUT2D eigenvalue weighted by Gasteiger charge is 2.11. The van der Waals surface area contributed by atoms with Crippen LogP contribution in [0.5, 0.6) is 0 Å². The van der Waals surface area contributed by atoms with Crippen LogP contribution >= 0.6 is 34.3 Å². The summed E-state index contributed by atoms with van der Waals surface area (Å²) in [5.41, 5.74) is 2.68. The molecule has 2 rings (SSSR count). The molecule has 2 aromatic heterocycles. The van der Waals surface area contributed by atoms with Gasteiger partial charge < -0.3 is 5.32 Å².